The Balaban J connectivity index is 1.86. The van der Waals surface area contributed by atoms with Crippen molar-refractivity contribution in [1.82, 2.24) is 0 Å². The molecule has 20 heavy (non-hydrogen) atoms. The van der Waals surface area contributed by atoms with Gasteiger partial charge in [0.05, 0.1) is 13.2 Å². The summed E-state index contributed by atoms with van der Waals surface area (Å²) in [6, 6.07) is 15.4. The van der Waals surface area contributed by atoms with Crippen LogP contribution in [0.2, 0.25) is 0 Å². The molecule has 2 rings (SSSR count). The van der Waals surface area contributed by atoms with Crippen molar-refractivity contribution in [3.63, 3.8) is 0 Å². The molecule has 106 valence electrons. The molecule has 0 heterocycles. The number of hydrogen-bond donors (Lipinski definition) is 1. The fourth-order valence-electron chi connectivity index (χ4n) is 1.76. The number of hydrogen-bond acceptors (Lipinski definition) is 3. The van der Waals surface area contributed by atoms with Crippen LogP contribution in [-0.2, 0) is 13.2 Å². The molecule has 0 saturated carbocycles. The molecule has 0 saturated heterocycles. The first-order chi connectivity index (χ1) is 9.81. The van der Waals surface area contributed by atoms with E-state index in [1.54, 1.807) is 0 Å². The van der Waals surface area contributed by atoms with E-state index in [-0.39, 0.29) is 6.61 Å². The Morgan fingerprint density at radius 1 is 0.800 bits per heavy atom. The van der Waals surface area contributed by atoms with E-state index in [0.717, 1.165) is 35.7 Å². The van der Waals surface area contributed by atoms with Crippen molar-refractivity contribution >= 4 is 0 Å². The molecule has 0 unspecified atom stereocenters. The highest BCUT2D eigenvalue weighted by atomic mass is 16.5. The lowest BCUT2D eigenvalue weighted by atomic mass is 10.1. The molecule has 0 fully saturated rings. The predicted molar refractivity (Wildman–Crippen MR) is 78.9 cm³/mol. The van der Waals surface area contributed by atoms with Gasteiger partial charge < -0.3 is 14.6 Å². The molecule has 3 heteroatoms. The predicted octanol–water partition coefficient (Wildman–Crippen LogP) is 3.55. The molecule has 0 radical (unpaired) electrons. The van der Waals surface area contributed by atoms with E-state index in [4.69, 9.17) is 14.6 Å². The lowest BCUT2D eigenvalue weighted by Crippen LogP contribution is -1.97. The summed E-state index contributed by atoms with van der Waals surface area (Å²) in [5.41, 5.74) is 1.99. The van der Waals surface area contributed by atoms with Gasteiger partial charge in [-0.25, -0.2) is 0 Å². The standard InChI is InChI=1S/C17H20O3/c1-2-11-19-16-7-9-17(10-8-16)20-13-15-5-3-14(12-18)4-6-15/h3-10,18H,2,11-13H2,1H3. The summed E-state index contributed by atoms with van der Waals surface area (Å²) in [7, 11) is 0. The molecular weight excluding hydrogens is 252 g/mol. The number of aliphatic hydroxyl groups excluding tert-OH is 1. The third-order valence-electron chi connectivity index (χ3n) is 2.91. The van der Waals surface area contributed by atoms with Crippen molar-refractivity contribution in [2.45, 2.75) is 26.6 Å². The van der Waals surface area contributed by atoms with Crippen LogP contribution in [-0.4, -0.2) is 11.7 Å². The molecule has 0 atom stereocenters. The molecule has 2 aromatic rings. The minimum Gasteiger partial charge on any atom is -0.494 e. The smallest absolute Gasteiger partial charge is 0.120 e. The van der Waals surface area contributed by atoms with Crippen LogP contribution in [0, 0.1) is 0 Å². The minimum atomic E-state index is 0.0698. The number of aliphatic hydroxyl groups is 1. The molecule has 1 N–H and O–H groups in total. The van der Waals surface area contributed by atoms with Crippen molar-refractivity contribution < 1.29 is 14.6 Å². The van der Waals surface area contributed by atoms with E-state index < -0.39 is 0 Å². The van der Waals surface area contributed by atoms with Gasteiger partial charge in [-0.2, -0.15) is 0 Å². The van der Waals surface area contributed by atoms with Crippen molar-refractivity contribution in [2.24, 2.45) is 0 Å². The van der Waals surface area contributed by atoms with Crippen LogP contribution >= 0.6 is 0 Å². The summed E-state index contributed by atoms with van der Waals surface area (Å²) >= 11 is 0. The van der Waals surface area contributed by atoms with Crippen LogP contribution in [0.3, 0.4) is 0 Å². The molecule has 0 aliphatic carbocycles. The molecule has 3 nitrogen and oxygen atoms in total. The zero-order valence-electron chi connectivity index (χ0n) is 11.7. The quantitative estimate of drug-likeness (QED) is 0.837. The average molecular weight is 272 g/mol. The second kappa shape index (κ2) is 7.56. The van der Waals surface area contributed by atoms with E-state index >= 15 is 0 Å². The number of rotatable bonds is 7. The molecule has 2 aromatic carbocycles. The fourth-order valence-corrected chi connectivity index (χ4v) is 1.76. The highest BCUT2D eigenvalue weighted by molar-refractivity contribution is 5.31. The van der Waals surface area contributed by atoms with Crippen LogP contribution in [0.1, 0.15) is 24.5 Å². The summed E-state index contributed by atoms with van der Waals surface area (Å²) < 4.78 is 11.2. The number of ether oxygens (including phenoxy) is 2. The van der Waals surface area contributed by atoms with Crippen LogP contribution < -0.4 is 9.47 Å². The van der Waals surface area contributed by atoms with E-state index in [1.165, 1.54) is 0 Å². The zero-order valence-corrected chi connectivity index (χ0v) is 11.7. The minimum absolute atomic E-state index is 0.0698. The zero-order chi connectivity index (χ0) is 14.2. The van der Waals surface area contributed by atoms with Crippen molar-refractivity contribution in [3.8, 4) is 11.5 Å². The van der Waals surface area contributed by atoms with E-state index in [9.17, 15) is 0 Å². The van der Waals surface area contributed by atoms with Gasteiger partial charge in [0, 0.05) is 0 Å². The Labute approximate surface area is 119 Å². The summed E-state index contributed by atoms with van der Waals surface area (Å²) in [6.07, 6.45) is 1.00. The van der Waals surface area contributed by atoms with Gasteiger partial charge in [0.1, 0.15) is 18.1 Å². The van der Waals surface area contributed by atoms with E-state index in [0.29, 0.717) is 6.61 Å². The third kappa shape index (κ3) is 4.28. The third-order valence-corrected chi connectivity index (χ3v) is 2.91. The maximum absolute atomic E-state index is 8.98. The normalized spacial score (nSPS) is 10.3. The summed E-state index contributed by atoms with van der Waals surface area (Å²) in [5, 5.41) is 8.98. The Bertz CT molecular complexity index is 503. The second-order valence-corrected chi connectivity index (χ2v) is 4.58. The van der Waals surface area contributed by atoms with Gasteiger partial charge in [-0.15, -0.1) is 0 Å². The van der Waals surface area contributed by atoms with Gasteiger partial charge in [0.2, 0.25) is 0 Å². The van der Waals surface area contributed by atoms with Crippen LogP contribution in [0.25, 0.3) is 0 Å². The summed E-state index contributed by atoms with van der Waals surface area (Å²) in [4.78, 5) is 0. The van der Waals surface area contributed by atoms with Gasteiger partial charge in [-0.05, 0) is 41.8 Å². The SMILES string of the molecule is CCCOc1ccc(OCc2ccc(CO)cc2)cc1. The Morgan fingerprint density at radius 2 is 1.35 bits per heavy atom. The molecule has 0 bridgehead atoms. The monoisotopic (exact) mass is 272 g/mol. The van der Waals surface area contributed by atoms with E-state index in [1.807, 2.05) is 48.5 Å². The topological polar surface area (TPSA) is 38.7 Å². The molecule has 0 aliphatic rings. The van der Waals surface area contributed by atoms with Crippen molar-refractivity contribution in [2.75, 3.05) is 6.61 Å². The van der Waals surface area contributed by atoms with Gasteiger partial charge in [0.15, 0.2) is 0 Å². The lowest BCUT2D eigenvalue weighted by Gasteiger charge is -2.08. The van der Waals surface area contributed by atoms with Gasteiger partial charge in [-0.1, -0.05) is 31.2 Å². The van der Waals surface area contributed by atoms with Crippen LogP contribution in [0.4, 0.5) is 0 Å². The molecular formula is C17H20O3. The van der Waals surface area contributed by atoms with Crippen molar-refractivity contribution in [1.29, 1.82) is 0 Å². The first-order valence-corrected chi connectivity index (χ1v) is 6.86. The van der Waals surface area contributed by atoms with Crippen molar-refractivity contribution in [3.05, 3.63) is 59.7 Å². The fraction of sp³-hybridized carbons (Fsp3) is 0.294. The Hall–Kier alpha value is -2.00. The first-order valence-electron chi connectivity index (χ1n) is 6.86. The Kier molecular flexibility index (Phi) is 5.44. The van der Waals surface area contributed by atoms with Gasteiger partial charge in [0.25, 0.3) is 0 Å². The maximum atomic E-state index is 8.98. The lowest BCUT2D eigenvalue weighted by molar-refractivity contribution is 0.281. The van der Waals surface area contributed by atoms with Gasteiger partial charge >= 0.3 is 0 Å². The molecule has 0 amide bonds. The Morgan fingerprint density at radius 3 is 1.90 bits per heavy atom. The maximum Gasteiger partial charge on any atom is 0.120 e. The second-order valence-electron chi connectivity index (χ2n) is 4.58. The number of benzene rings is 2. The summed E-state index contributed by atoms with van der Waals surface area (Å²) in [5.74, 6) is 1.69. The average Bonchev–Trinajstić information content (AvgIpc) is 2.52. The first kappa shape index (κ1) is 14.4. The summed E-state index contributed by atoms with van der Waals surface area (Å²) in [6.45, 7) is 3.40. The van der Waals surface area contributed by atoms with Gasteiger partial charge in [-0.3, -0.25) is 0 Å². The largest absolute Gasteiger partial charge is 0.494 e. The molecule has 0 aromatic heterocycles. The highest BCUT2D eigenvalue weighted by Crippen LogP contribution is 2.19. The molecule has 0 aliphatic heterocycles. The van der Waals surface area contributed by atoms with Crippen LogP contribution in [0.5, 0.6) is 11.5 Å². The molecule has 0 spiro atoms. The van der Waals surface area contributed by atoms with E-state index in [2.05, 4.69) is 6.92 Å². The van der Waals surface area contributed by atoms with Crippen LogP contribution in [0.15, 0.2) is 48.5 Å². The highest BCUT2D eigenvalue weighted by Gasteiger charge is 1.98.